The third kappa shape index (κ3) is 17.7. The van der Waals surface area contributed by atoms with Gasteiger partial charge in [-0.15, -0.1) is 6.58 Å². The van der Waals surface area contributed by atoms with Crippen molar-refractivity contribution in [2.75, 3.05) is 13.1 Å². The maximum atomic E-state index is 15.0. The van der Waals surface area contributed by atoms with Crippen molar-refractivity contribution in [2.24, 2.45) is 11.1 Å². The lowest BCUT2D eigenvalue weighted by molar-refractivity contribution is -0.141. The number of hydrogen-bond acceptors (Lipinski definition) is 8. The normalized spacial score (nSPS) is 13.3. The van der Waals surface area contributed by atoms with Crippen molar-refractivity contribution in [2.45, 2.75) is 136 Å². The minimum absolute atomic E-state index is 0.0678. The molecule has 3 aromatic rings. The quantitative estimate of drug-likeness (QED) is 0.0364. The van der Waals surface area contributed by atoms with Gasteiger partial charge < -0.3 is 47.3 Å². The Bertz CT molecular complexity index is 2190. The third-order valence-electron chi connectivity index (χ3n) is 11.4. The van der Waals surface area contributed by atoms with Gasteiger partial charge in [-0.3, -0.25) is 33.6 Å². The molecule has 0 bridgehead atoms. The number of nitrogens with zero attached hydrogens (tertiary/aromatic N) is 1. The molecule has 0 aliphatic carbocycles. The number of nitrogens with two attached hydrogens (primary N) is 1. The van der Waals surface area contributed by atoms with Crippen LogP contribution in [0.15, 0.2) is 73.4 Å². The van der Waals surface area contributed by atoms with Crippen molar-refractivity contribution >= 4 is 41.4 Å². The van der Waals surface area contributed by atoms with E-state index in [0.717, 1.165) is 29.5 Å². The molecular formula is C49H68F2N8O8. The van der Waals surface area contributed by atoms with E-state index in [4.69, 9.17) is 5.73 Å². The average Bonchev–Trinajstić information content (AvgIpc) is 3.66. The first kappa shape index (κ1) is 54.9. The summed E-state index contributed by atoms with van der Waals surface area (Å²) in [7, 11) is 0. The fraction of sp³-hybridized carbons (Fsp3) is 0.490. The fourth-order valence-electron chi connectivity index (χ4n) is 7.63. The van der Waals surface area contributed by atoms with Crippen molar-refractivity contribution in [3.63, 3.8) is 0 Å². The Morgan fingerprint density at radius 1 is 0.821 bits per heavy atom. The van der Waals surface area contributed by atoms with E-state index in [1.54, 1.807) is 12.3 Å². The van der Waals surface area contributed by atoms with Gasteiger partial charge in [0.2, 0.25) is 35.4 Å². The number of nitrogens with one attached hydrogen (secondary N) is 6. The maximum Gasteiger partial charge on any atom is 0.305 e. The van der Waals surface area contributed by atoms with E-state index in [2.05, 4.69) is 38.5 Å². The van der Waals surface area contributed by atoms with Crippen LogP contribution < -0.4 is 37.6 Å². The third-order valence-corrected chi connectivity index (χ3v) is 11.4. The lowest BCUT2D eigenvalue weighted by Crippen LogP contribution is -2.57. The van der Waals surface area contributed by atoms with E-state index in [9.17, 15) is 47.4 Å². The van der Waals surface area contributed by atoms with E-state index in [0.29, 0.717) is 44.3 Å². The van der Waals surface area contributed by atoms with Crippen LogP contribution in [0.4, 0.5) is 8.78 Å². The minimum Gasteiger partial charge on any atom is -0.481 e. The van der Waals surface area contributed by atoms with Crippen LogP contribution in [0.1, 0.15) is 117 Å². The Morgan fingerprint density at radius 3 is 2.07 bits per heavy atom. The van der Waals surface area contributed by atoms with Crippen LogP contribution in [-0.4, -0.2) is 87.8 Å². The molecule has 0 aliphatic heterocycles. The number of benzene rings is 2. The molecule has 0 radical (unpaired) electrons. The second kappa shape index (κ2) is 26.0. The maximum absolute atomic E-state index is 15.0. The van der Waals surface area contributed by atoms with Crippen LogP contribution in [0, 0.1) is 17.0 Å². The molecule has 0 saturated heterocycles. The Hall–Kier alpha value is -6.43. The Balaban J connectivity index is 1.62. The number of primary amides is 1. The first-order valence-corrected chi connectivity index (χ1v) is 22.6. The van der Waals surface area contributed by atoms with E-state index in [-0.39, 0.29) is 43.3 Å². The van der Waals surface area contributed by atoms with Crippen molar-refractivity contribution in [3.8, 4) is 11.1 Å². The molecule has 2 aromatic carbocycles. The van der Waals surface area contributed by atoms with Gasteiger partial charge >= 0.3 is 5.97 Å². The molecule has 16 nitrogen and oxygen atoms in total. The zero-order valence-electron chi connectivity index (χ0n) is 39.4. The van der Waals surface area contributed by atoms with Gasteiger partial charge in [-0.1, -0.05) is 71.0 Å². The lowest BCUT2D eigenvalue weighted by atomic mass is 9.84. The summed E-state index contributed by atoms with van der Waals surface area (Å²) >= 11 is 0. The largest absolute Gasteiger partial charge is 0.481 e. The van der Waals surface area contributed by atoms with Crippen LogP contribution in [0.2, 0.25) is 0 Å². The molecule has 366 valence electrons. The number of hydrogen-bond donors (Lipinski definition) is 8. The molecule has 6 amide bonds. The van der Waals surface area contributed by atoms with Gasteiger partial charge in [-0.25, -0.2) is 8.78 Å². The van der Waals surface area contributed by atoms with E-state index in [1.807, 2.05) is 75.6 Å². The highest BCUT2D eigenvalue weighted by Crippen LogP contribution is 2.37. The second-order valence-electron chi connectivity index (χ2n) is 17.9. The predicted molar refractivity (Wildman–Crippen MR) is 251 cm³/mol. The summed E-state index contributed by atoms with van der Waals surface area (Å²) < 4.78 is 31.3. The van der Waals surface area contributed by atoms with Crippen molar-refractivity contribution < 1.29 is 47.4 Å². The summed E-state index contributed by atoms with van der Waals surface area (Å²) in [6.45, 7) is 16.0. The van der Waals surface area contributed by atoms with Gasteiger partial charge in [0.15, 0.2) is 0 Å². The molecular weight excluding hydrogens is 867 g/mol. The van der Waals surface area contributed by atoms with Gasteiger partial charge in [0, 0.05) is 54.5 Å². The Morgan fingerprint density at radius 2 is 1.46 bits per heavy atom. The van der Waals surface area contributed by atoms with Crippen LogP contribution in [-0.2, 0) is 40.1 Å². The number of aromatic nitrogens is 1. The summed E-state index contributed by atoms with van der Waals surface area (Å²) in [5, 5.41) is 25.9. The summed E-state index contributed by atoms with van der Waals surface area (Å²) in [5.41, 5.74) is 7.02. The molecule has 0 saturated carbocycles. The molecule has 3 rings (SSSR count). The fourth-order valence-corrected chi connectivity index (χ4v) is 7.63. The van der Waals surface area contributed by atoms with Crippen LogP contribution >= 0.6 is 0 Å². The minimum atomic E-state index is -1.71. The average molecular weight is 935 g/mol. The predicted octanol–water partition coefficient (Wildman–Crippen LogP) is 4.91. The summed E-state index contributed by atoms with van der Waals surface area (Å²) in [5.74, 6) is -7.07. The Labute approximate surface area is 391 Å². The van der Waals surface area contributed by atoms with E-state index < -0.39 is 89.1 Å². The standard InChI is InChI=1S/C49H68F2N8O8/c1-8-22-49(9-2,10-3)58-42(62)19-14-18-41(61)55-31(4)45(65)56-38(28-43(63)64)47(67)57-37(27-40(52)60)46(66)54-24-15-23-53-44(48(5,6)7)39-25-33(35-26-34(50)20-21-36(35)51)30-59(39)29-32-16-12-11-13-17-32/h8,11-13,16-17,20-21,25-26,30-31,37-38,44,53H,1,9-10,14-15,18-19,22-24,27-29H2,2-7H3,(H2,52,60)(H,54,66)(H,55,61)(H,56,65)(H,57,67)(H,58,62)(H,63,64)/t31-,37-,38+,44-/m0/s1. The highest BCUT2D eigenvalue weighted by atomic mass is 19.1. The molecule has 0 spiro atoms. The van der Waals surface area contributed by atoms with Crippen molar-refractivity contribution in [1.82, 2.24) is 36.5 Å². The molecule has 9 N–H and O–H groups in total. The van der Waals surface area contributed by atoms with Gasteiger partial charge in [-0.2, -0.15) is 0 Å². The van der Waals surface area contributed by atoms with Crippen LogP contribution in [0.5, 0.6) is 0 Å². The first-order chi connectivity index (χ1) is 31.6. The second-order valence-corrected chi connectivity index (χ2v) is 17.9. The van der Waals surface area contributed by atoms with E-state index in [1.165, 1.54) is 6.92 Å². The van der Waals surface area contributed by atoms with Gasteiger partial charge in [0.05, 0.1) is 18.9 Å². The zero-order valence-corrected chi connectivity index (χ0v) is 39.4. The highest BCUT2D eigenvalue weighted by Gasteiger charge is 2.32. The monoisotopic (exact) mass is 935 g/mol. The summed E-state index contributed by atoms with van der Waals surface area (Å²) in [4.78, 5) is 88.8. The number of carbonyl (C=O) groups excluding carboxylic acids is 6. The molecule has 1 aromatic heterocycles. The van der Waals surface area contributed by atoms with Gasteiger partial charge in [-0.05, 0) is 80.8 Å². The highest BCUT2D eigenvalue weighted by molar-refractivity contribution is 5.97. The number of rotatable bonds is 28. The number of carboxylic acids is 1. The van der Waals surface area contributed by atoms with Crippen molar-refractivity contribution in [3.05, 3.63) is 96.3 Å². The molecule has 1 heterocycles. The Kier molecular flexibility index (Phi) is 21.3. The smallest absolute Gasteiger partial charge is 0.305 e. The molecule has 67 heavy (non-hydrogen) atoms. The molecule has 0 unspecified atom stereocenters. The molecule has 0 fully saturated rings. The first-order valence-electron chi connectivity index (χ1n) is 22.6. The van der Waals surface area contributed by atoms with Crippen LogP contribution in [0.3, 0.4) is 0 Å². The molecule has 0 aliphatic rings. The van der Waals surface area contributed by atoms with Gasteiger partial charge in [0.25, 0.3) is 0 Å². The number of halogens is 2. The SMILES string of the molecule is C=CCC(CC)(CC)NC(=O)CCCC(=O)N[C@@H](C)C(=O)N[C@H](CC(=O)O)C(=O)N[C@@H](CC(N)=O)C(=O)NCCCN[C@@H](c1cc(-c2cc(F)ccc2F)cn1Cc1ccccc1)C(C)(C)C. The summed E-state index contributed by atoms with van der Waals surface area (Å²) in [6, 6.07) is 10.1. The van der Waals surface area contributed by atoms with Crippen LogP contribution in [0.25, 0.3) is 11.1 Å². The zero-order chi connectivity index (χ0) is 49.9. The number of aliphatic carboxylic acids is 1. The summed E-state index contributed by atoms with van der Waals surface area (Å²) in [6.07, 6.45) is 4.55. The molecule has 4 atom stereocenters. The lowest BCUT2D eigenvalue weighted by Gasteiger charge is -2.33. The van der Waals surface area contributed by atoms with E-state index >= 15 is 0 Å². The molecule has 18 heteroatoms. The van der Waals surface area contributed by atoms with Gasteiger partial charge in [0.1, 0.15) is 29.8 Å². The van der Waals surface area contributed by atoms with Crippen molar-refractivity contribution in [1.29, 1.82) is 0 Å². The topological polar surface area (TPSA) is 243 Å². The number of carbonyl (C=O) groups is 7. The number of carboxylic acid groups (broad SMARTS) is 1. The number of amides is 6.